The van der Waals surface area contributed by atoms with Crippen LogP contribution in [-0.4, -0.2) is 58.6 Å². The summed E-state index contributed by atoms with van der Waals surface area (Å²) in [5.74, 6) is 1.16. The Morgan fingerprint density at radius 1 is 1.06 bits per heavy atom. The Kier molecular flexibility index (Phi) is 9.68. The van der Waals surface area contributed by atoms with Crippen LogP contribution in [0.4, 0.5) is 5.82 Å². The maximum Gasteiger partial charge on any atom is 0.339 e. The highest BCUT2D eigenvalue weighted by atomic mass is 16.6. The third-order valence-electron chi connectivity index (χ3n) is 9.86. The number of anilines is 1. The zero-order valence-electron chi connectivity index (χ0n) is 30.8. The van der Waals surface area contributed by atoms with Gasteiger partial charge in [-0.2, -0.15) is 9.61 Å². The molecule has 0 N–H and O–H groups in total. The van der Waals surface area contributed by atoms with Gasteiger partial charge in [-0.05, 0) is 90.1 Å². The first-order chi connectivity index (χ1) is 23.8. The van der Waals surface area contributed by atoms with E-state index in [-0.39, 0.29) is 11.7 Å². The molecule has 0 unspecified atom stereocenters. The van der Waals surface area contributed by atoms with Crippen molar-refractivity contribution in [2.45, 2.75) is 91.1 Å². The predicted molar refractivity (Wildman–Crippen MR) is 198 cm³/mol. The maximum absolute atomic E-state index is 13.5. The summed E-state index contributed by atoms with van der Waals surface area (Å²) in [4.78, 5) is 20.8. The second-order valence-corrected chi connectivity index (χ2v) is 14.7. The molecular formula is C41H50N4O5. The number of piperidine rings is 1. The van der Waals surface area contributed by atoms with Gasteiger partial charge in [0, 0.05) is 48.0 Å². The molecule has 4 heterocycles. The minimum atomic E-state index is -1.01. The first kappa shape index (κ1) is 35.4. The summed E-state index contributed by atoms with van der Waals surface area (Å²) in [6, 6.07) is 12.7. The number of aromatic nitrogens is 3. The minimum absolute atomic E-state index is 0.234. The average molecular weight is 679 g/mol. The van der Waals surface area contributed by atoms with E-state index in [4.69, 9.17) is 29.0 Å². The third-order valence-corrected chi connectivity index (χ3v) is 9.86. The molecule has 2 aliphatic rings. The number of aryl methyl sites for hydroxylation is 3. The van der Waals surface area contributed by atoms with Gasteiger partial charge in [-0.3, -0.25) is 0 Å². The summed E-state index contributed by atoms with van der Waals surface area (Å²) in [6.45, 7) is 23.8. The number of rotatable bonds is 10. The SMILES string of the molecule is C=CCOC1(C)CCN(c2c([C@H](OC(C)(C)C)C(=O)OC)c(C)nc3cc(-c4cccc5c4[C@@H](CC=C)Oc4cc(C)c(C)cc4-5)nn23)CC1. The van der Waals surface area contributed by atoms with Crippen molar-refractivity contribution in [3.63, 3.8) is 0 Å². The monoisotopic (exact) mass is 678 g/mol. The standard InChI is InChI=1S/C41H50N4O5/c1-11-14-32-36-28(30-22-25(3)26(4)23-33(30)49-32)15-13-16-29(36)31-24-34-42-27(5)35(37(39(46)47-10)50-40(6,7)8)38(45(34)43-31)44-19-17-41(9,18-20-44)48-21-12-2/h11-13,15-16,22-24,32,37H,1-2,14,17-21H2,3-10H3/t32-,37+/m1/s1. The second-order valence-electron chi connectivity index (χ2n) is 14.7. The van der Waals surface area contributed by atoms with Crippen molar-refractivity contribution in [2.75, 3.05) is 31.7 Å². The van der Waals surface area contributed by atoms with Crippen LogP contribution in [-0.2, 0) is 19.0 Å². The Morgan fingerprint density at radius 3 is 2.42 bits per heavy atom. The summed E-state index contributed by atoms with van der Waals surface area (Å²) in [7, 11) is 1.39. The van der Waals surface area contributed by atoms with Gasteiger partial charge in [0.2, 0.25) is 0 Å². The molecule has 9 nitrogen and oxygen atoms in total. The lowest BCUT2D eigenvalue weighted by Gasteiger charge is -2.41. The third kappa shape index (κ3) is 6.68. The highest BCUT2D eigenvalue weighted by Crippen LogP contribution is 2.48. The molecule has 4 aromatic rings. The molecule has 0 spiro atoms. The lowest BCUT2D eigenvalue weighted by atomic mass is 9.86. The van der Waals surface area contributed by atoms with Crippen LogP contribution < -0.4 is 9.64 Å². The molecule has 9 heteroatoms. The van der Waals surface area contributed by atoms with Gasteiger partial charge in [0.1, 0.15) is 17.7 Å². The van der Waals surface area contributed by atoms with E-state index in [0.29, 0.717) is 43.0 Å². The van der Waals surface area contributed by atoms with Crippen molar-refractivity contribution in [3.05, 3.63) is 89.7 Å². The average Bonchev–Trinajstić information content (AvgIpc) is 3.50. The largest absolute Gasteiger partial charge is 0.485 e. The van der Waals surface area contributed by atoms with Crippen LogP contribution in [0, 0.1) is 20.8 Å². The number of fused-ring (bicyclic) bond motifs is 4. The van der Waals surface area contributed by atoms with Crippen LogP contribution in [0.2, 0.25) is 0 Å². The molecular weight excluding hydrogens is 628 g/mol. The van der Waals surface area contributed by atoms with Gasteiger partial charge in [-0.25, -0.2) is 9.78 Å². The second kappa shape index (κ2) is 13.7. The molecule has 2 aromatic carbocycles. The number of methoxy groups -OCH3 is 1. The molecule has 1 fully saturated rings. The minimum Gasteiger partial charge on any atom is -0.485 e. The molecule has 2 aromatic heterocycles. The van der Waals surface area contributed by atoms with Crippen molar-refractivity contribution < 1.29 is 23.7 Å². The number of carbonyl (C=O) groups excluding carboxylic acids is 1. The van der Waals surface area contributed by atoms with Gasteiger partial charge in [0.15, 0.2) is 11.8 Å². The lowest BCUT2D eigenvalue weighted by molar-refractivity contribution is -0.164. The van der Waals surface area contributed by atoms with Crippen LogP contribution in [0.15, 0.2) is 61.7 Å². The maximum atomic E-state index is 13.5. The smallest absolute Gasteiger partial charge is 0.339 e. The fourth-order valence-electron chi connectivity index (χ4n) is 7.14. The van der Waals surface area contributed by atoms with E-state index in [2.05, 4.69) is 69.2 Å². The Bertz CT molecular complexity index is 1950. The first-order valence-electron chi connectivity index (χ1n) is 17.5. The molecule has 2 aliphatic heterocycles. The van der Waals surface area contributed by atoms with E-state index in [0.717, 1.165) is 52.4 Å². The fraction of sp³-hybridized carbons (Fsp3) is 0.439. The van der Waals surface area contributed by atoms with Crippen LogP contribution in [0.3, 0.4) is 0 Å². The molecule has 50 heavy (non-hydrogen) atoms. The molecule has 0 bridgehead atoms. The Balaban J connectivity index is 1.56. The predicted octanol–water partition coefficient (Wildman–Crippen LogP) is 8.59. The van der Waals surface area contributed by atoms with Crippen molar-refractivity contribution in [3.8, 4) is 28.1 Å². The number of hydrogen-bond donors (Lipinski definition) is 0. The summed E-state index contributed by atoms with van der Waals surface area (Å²) in [5, 5.41) is 5.28. The number of ether oxygens (including phenoxy) is 4. The zero-order chi connectivity index (χ0) is 36.0. The van der Waals surface area contributed by atoms with Gasteiger partial charge in [-0.1, -0.05) is 30.4 Å². The summed E-state index contributed by atoms with van der Waals surface area (Å²) in [6.07, 6.45) is 4.65. The van der Waals surface area contributed by atoms with Crippen molar-refractivity contribution in [1.29, 1.82) is 0 Å². The van der Waals surface area contributed by atoms with Gasteiger partial charge in [-0.15, -0.1) is 13.2 Å². The Labute approximate surface area is 295 Å². The van der Waals surface area contributed by atoms with E-state index in [9.17, 15) is 4.79 Å². The van der Waals surface area contributed by atoms with Gasteiger partial charge >= 0.3 is 5.97 Å². The molecule has 0 saturated carbocycles. The topological polar surface area (TPSA) is 87.4 Å². The number of hydrogen-bond acceptors (Lipinski definition) is 8. The Morgan fingerprint density at radius 2 is 1.76 bits per heavy atom. The fourth-order valence-corrected chi connectivity index (χ4v) is 7.14. The van der Waals surface area contributed by atoms with Crippen molar-refractivity contribution >= 4 is 17.4 Å². The molecule has 0 aliphatic carbocycles. The Hall–Kier alpha value is -4.47. The molecule has 2 atom stereocenters. The molecule has 264 valence electrons. The van der Waals surface area contributed by atoms with Gasteiger partial charge < -0.3 is 23.8 Å². The number of nitrogens with zero attached hydrogens (tertiary/aromatic N) is 4. The zero-order valence-corrected chi connectivity index (χ0v) is 30.8. The quantitative estimate of drug-likeness (QED) is 0.122. The molecule has 6 rings (SSSR count). The number of esters is 1. The van der Waals surface area contributed by atoms with E-state index in [1.165, 1.54) is 18.2 Å². The first-order valence-corrected chi connectivity index (χ1v) is 17.5. The van der Waals surface area contributed by atoms with E-state index < -0.39 is 17.7 Å². The van der Waals surface area contributed by atoms with Crippen LogP contribution in [0.1, 0.15) is 87.1 Å². The van der Waals surface area contributed by atoms with Crippen molar-refractivity contribution in [2.24, 2.45) is 0 Å². The van der Waals surface area contributed by atoms with Crippen LogP contribution >= 0.6 is 0 Å². The highest BCUT2D eigenvalue weighted by Gasteiger charge is 2.38. The number of benzene rings is 2. The van der Waals surface area contributed by atoms with Crippen molar-refractivity contribution in [1.82, 2.24) is 14.6 Å². The number of carbonyl (C=O) groups is 1. The normalized spacial score (nSPS) is 17.4. The van der Waals surface area contributed by atoms with Gasteiger partial charge in [0.05, 0.1) is 36.2 Å². The molecule has 0 radical (unpaired) electrons. The van der Waals surface area contributed by atoms with Crippen LogP contribution in [0.25, 0.3) is 28.0 Å². The van der Waals surface area contributed by atoms with E-state index in [1.54, 1.807) is 6.08 Å². The summed E-state index contributed by atoms with van der Waals surface area (Å²) >= 11 is 0. The summed E-state index contributed by atoms with van der Waals surface area (Å²) < 4.78 is 26.5. The van der Waals surface area contributed by atoms with Gasteiger partial charge in [0.25, 0.3) is 0 Å². The lowest BCUT2D eigenvalue weighted by Crippen LogP contribution is -2.45. The highest BCUT2D eigenvalue weighted by molar-refractivity contribution is 5.85. The summed E-state index contributed by atoms with van der Waals surface area (Å²) in [5.41, 5.74) is 8.47. The molecule has 1 saturated heterocycles. The van der Waals surface area contributed by atoms with E-state index in [1.807, 2.05) is 44.4 Å². The van der Waals surface area contributed by atoms with Crippen LogP contribution in [0.5, 0.6) is 5.75 Å². The molecule has 0 amide bonds. The van der Waals surface area contributed by atoms with E-state index >= 15 is 0 Å².